The third-order valence-electron chi connectivity index (χ3n) is 3.66. The highest BCUT2D eigenvalue weighted by molar-refractivity contribution is 9.10. The largest absolute Gasteiger partial charge is 0.467 e. The molecule has 0 saturated heterocycles. The van der Waals surface area contributed by atoms with E-state index in [0.717, 1.165) is 21.2 Å². The van der Waals surface area contributed by atoms with E-state index in [4.69, 9.17) is 4.74 Å². The first-order chi connectivity index (χ1) is 11.4. The summed E-state index contributed by atoms with van der Waals surface area (Å²) in [6.45, 7) is 3.87. The molecule has 0 aliphatic carbocycles. The van der Waals surface area contributed by atoms with E-state index in [1.807, 2.05) is 44.2 Å². The number of hydrogen-bond donors (Lipinski definition) is 1. The minimum Gasteiger partial charge on any atom is -0.467 e. The van der Waals surface area contributed by atoms with Crippen molar-refractivity contribution in [1.29, 1.82) is 0 Å². The van der Waals surface area contributed by atoms with Crippen molar-refractivity contribution >= 4 is 27.8 Å². The predicted molar refractivity (Wildman–Crippen MR) is 97.0 cm³/mol. The van der Waals surface area contributed by atoms with Crippen LogP contribution in [0.4, 0.5) is 0 Å². The van der Waals surface area contributed by atoms with E-state index in [9.17, 15) is 9.59 Å². The molecule has 0 fully saturated rings. The van der Waals surface area contributed by atoms with Crippen LogP contribution in [0.2, 0.25) is 0 Å². The summed E-state index contributed by atoms with van der Waals surface area (Å²) in [5, 5.41) is 2.78. The number of ether oxygens (including phenoxy) is 1. The summed E-state index contributed by atoms with van der Waals surface area (Å²) in [6.07, 6.45) is 0.352. The Morgan fingerprint density at radius 1 is 1.12 bits per heavy atom. The quantitative estimate of drug-likeness (QED) is 0.795. The Labute approximate surface area is 150 Å². The number of amides is 1. The molecule has 2 aromatic carbocycles. The van der Waals surface area contributed by atoms with Crippen molar-refractivity contribution < 1.29 is 14.3 Å². The average Bonchev–Trinajstić information content (AvgIpc) is 2.54. The number of benzene rings is 2. The van der Waals surface area contributed by atoms with Gasteiger partial charge in [0, 0.05) is 16.5 Å². The maximum Gasteiger partial charge on any atom is 0.328 e. The van der Waals surface area contributed by atoms with E-state index in [1.165, 1.54) is 7.11 Å². The summed E-state index contributed by atoms with van der Waals surface area (Å²) in [5.74, 6) is -0.757. The van der Waals surface area contributed by atoms with Crippen molar-refractivity contribution in [2.75, 3.05) is 7.11 Å². The van der Waals surface area contributed by atoms with Crippen molar-refractivity contribution in [2.45, 2.75) is 26.3 Å². The van der Waals surface area contributed by atoms with Gasteiger partial charge in [-0.15, -0.1) is 0 Å². The molecule has 0 bridgehead atoms. The minimum absolute atomic E-state index is 0.288. The van der Waals surface area contributed by atoms with Gasteiger partial charge in [0.2, 0.25) is 0 Å². The van der Waals surface area contributed by atoms with Gasteiger partial charge in [-0.2, -0.15) is 0 Å². The second-order valence-corrected chi connectivity index (χ2v) is 6.58. The first-order valence-corrected chi connectivity index (χ1v) is 8.40. The van der Waals surface area contributed by atoms with Gasteiger partial charge >= 0.3 is 5.97 Å². The van der Waals surface area contributed by atoms with Gasteiger partial charge in [-0.1, -0.05) is 51.3 Å². The van der Waals surface area contributed by atoms with Crippen LogP contribution in [0.5, 0.6) is 0 Å². The number of aryl methyl sites for hydroxylation is 2. The second-order valence-electron chi connectivity index (χ2n) is 5.72. The molecule has 4 nitrogen and oxygen atoms in total. The van der Waals surface area contributed by atoms with Crippen LogP contribution in [-0.2, 0) is 16.0 Å². The highest BCUT2D eigenvalue weighted by Gasteiger charge is 2.23. The van der Waals surface area contributed by atoms with Gasteiger partial charge in [-0.3, -0.25) is 4.79 Å². The summed E-state index contributed by atoms with van der Waals surface area (Å²) in [6, 6.07) is 12.4. The van der Waals surface area contributed by atoms with Crippen LogP contribution in [0.15, 0.2) is 46.9 Å². The number of carbonyl (C=O) groups excluding carboxylic acids is 2. The van der Waals surface area contributed by atoms with Crippen LogP contribution in [0, 0.1) is 13.8 Å². The molecular weight excluding hydrogens is 370 g/mol. The fourth-order valence-corrected chi connectivity index (χ4v) is 3.01. The maximum atomic E-state index is 12.5. The van der Waals surface area contributed by atoms with Crippen LogP contribution >= 0.6 is 15.9 Å². The Kier molecular flexibility index (Phi) is 6.15. The molecule has 0 aliphatic rings. The molecule has 0 radical (unpaired) electrons. The fraction of sp³-hybridized carbons (Fsp3) is 0.263. The van der Waals surface area contributed by atoms with E-state index >= 15 is 0 Å². The average molecular weight is 390 g/mol. The second kappa shape index (κ2) is 8.11. The highest BCUT2D eigenvalue weighted by atomic mass is 79.9. The molecule has 1 atom stereocenters. The van der Waals surface area contributed by atoms with Crippen molar-refractivity contribution in [3.05, 3.63) is 69.2 Å². The minimum atomic E-state index is -0.748. The topological polar surface area (TPSA) is 55.4 Å². The molecule has 2 rings (SSSR count). The van der Waals surface area contributed by atoms with Crippen molar-refractivity contribution in [1.82, 2.24) is 5.32 Å². The highest BCUT2D eigenvalue weighted by Crippen LogP contribution is 2.18. The normalized spacial score (nSPS) is 11.7. The Hall–Kier alpha value is -2.14. The van der Waals surface area contributed by atoms with E-state index in [2.05, 4.69) is 21.2 Å². The molecule has 0 heterocycles. The Bertz CT molecular complexity index is 738. The molecule has 1 N–H and O–H groups in total. The number of rotatable bonds is 5. The molecule has 2 aromatic rings. The standard InChI is InChI=1S/C19H20BrNO3/c1-12-8-13(2)10-15(9-12)18(22)21-17(19(23)24-3)11-14-6-4-5-7-16(14)20/h4-10,17H,11H2,1-3H3,(H,21,22)/t17-/m1/s1. The Balaban J connectivity index is 2.21. The lowest BCUT2D eigenvalue weighted by atomic mass is 10.0. The molecule has 126 valence electrons. The molecule has 0 aliphatic heterocycles. The van der Waals surface area contributed by atoms with Crippen molar-refractivity contribution in [2.24, 2.45) is 0 Å². The molecule has 24 heavy (non-hydrogen) atoms. The van der Waals surface area contributed by atoms with Crippen molar-refractivity contribution in [3.8, 4) is 0 Å². The van der Waals surface area contributed by atoms with Gasteiger partial charge in [0.05, 0.1) is 7.11 Å². The first-order valence-electron chi connectivity index (χ1n) is 7.61. The molecule has 0 aromatic heterocycles. The zero-order valence-corrected chi connectivity index (χ0v) is 15.5. The van der Waals surface area contributed by atoms with Gasteiger partial charge in [0.1, 0.15) is 6.04 Å². The van der Waals surface area contributed by atoms with Crippen LogP contribution < -0.4 is 5.32 Å². The summed E-state index contributed by atoms with van der Waals surface area (Å²) in [7, 11) is 1.32. The van der Waals surface area contributed by atoms with E-state index < -0.39 is 12.0 Å². The first kappa shape index (κ1) is 18.2. The lowest BCUT2D eigenvalue weighted by Gasteiger charge is -2.17. The molecule has 5 heteroatoms. The number of hydrogen-bond acceptors (Lipinski definition) is 3. The van der Waals surface area contributed by atoms with E-state index in [1.54, 1.807) is 12.1 Å². The van der Waals surface area contributed by atoms with Crippen LogP contribution in [-0.4, -0.2) is 25.0 Å². The molecule has 0 unspecified atom stereocenters. The smallest absolute Gasteiger partial charge is 0.328 e. The van der Waals surface area contributed by atoms with Gasteiger partial charge in [-0.05, 0) is 37.6 Å². The van der Waals surface area contributed by atoms with E-state index in [0.29, 0.717) is 12.0 Å². The number of esters is 1. The number of methoxy groups -OCH3 is 1. The Morgan fingerprint density at radius 2 is 1.75 bits per heavy atom. The number of halogens is 1. The third-order valence-corrected chi connectivity index (χ3v) is 4.43. The fourth-order valence-electron chi connectivity index (χ4n) is 2.57. The summed E-state index contributed by atoms with van der Waals surface area (Å²) in [5.41, 5.74) is 3.46. The third kappa shape index (κ3) is 4.68. The number of carbonyl (C=O) groups is 2. The van der Waals surface area contributed by atoms with Gasteiger partial charge in [0.25, 0.3) is 5.91 Å². The zero-order valence-electron chi connectivity index (χ0n) is 13.9. The predicted octanol–water partition coefficient (Wildman–Crippen LogP) is 3.58. The molecule has 0 saturated carbocycles. The SMILES string of the molecule is COC(=O)[C@@H](Cc1ccccc1Br)NC(=O)c1cc(C)cc(C)c1. The van der Waals surface area contributed by atoms with Crippen LogP contribution in [0.1, 0.15) is 27.0 Å². The van der Waals surface area contributed by atoms with Gasteiger partial charge in [-0.25, -0.2) is 4.79 Å². The van der Waals surface area contributed by atoms with Gasteiger partial charge in [0.15, 0.2) is 0 Å². The maximum absolute atomic E-state index is 12.5. The van der Waals surface area contributed by atoms with Crippen molar-refractivity contribution in [3.63, 3.8) is 0 Å². The Morgan fingerprint density at radius 3 is 2.33 bits per heavy atom. The lowest BCUT2D eigenvalue weighted by Crippen LogP contribution is -2.43. The number of nitrogens with one attached hydrogen (secondary N) is 1. The molecule has 1 amide bonds. The monoisotopic (exact) mass is 389 g/mol. The van der Waals surface area contributed by atoms with Crippen LogP contribution in [0.3, 0.4) is 0 Å². The summed E-state index contributed by atoms with van der Waals surface area (Å²) in [4.78, 5) is 24.6. The summed E-state index contributed by atoms with van der Waals surface area (Å²) < 4.78 is 5.73. The van der Waals surface area contributed by atoms with E-state index in [-0.39, 0.29) is 5.91 Å². The lowest BCUT2D eigenvalue weighted by molar-refractivity contribution is -0.142. The van der Waals surface area contributed by atoms with Crippen LogP contribution in [0.25, 0.3) is 0 Å². The van der Waals surface area contributed by atoms with Gasteiger partial charge < -0.3 is 10.1 Å². The summed E-state index contributed by atoms with van der Waals surface area (Å²) >= 11 is 3.46. The zero-order chi connectivity index (χ0) is 17.7. The molecular formula is C19H20BrNO3. The molecule has 0 spiro atoms.